The van der Waals surface area contributed by atoms with Crippen LogP contribution in [-0.4, -0.2) is 35.8 Å². The van der Waals surface area contributed by atoms with Gasteiger partial charge in [-0.2, -0.15) is 0 Å². The highest BCUT2D eigenvalue weighted by Crippen LogP contribution is 2.09. The molecule has 0 saturated carbocycles. The zero-order valence-corrected chi connectivity index (χ0v) is 9.54. The number of alkyl halides is 2. The summed E-state index contributed by atoms with van der Waals surface area (Å²) in [5, 5.41) is 0. The van der Waals surface area contributed by atoms with Crippen LogP contribution in [0.5, 0.6) is 0 Å². The van der Waals surface area contributed by atoms with Crippen LogP contribution in [0.1, 0.15) is 10.5 Å². The van der Waals surface area contributed by atoms with Crippen molar-refractivity contribution in [1.29, 1.82) is 0 Å². The Morgan fingerprint density at radius 3 is 2.73 bits per heavy atom. The van der Waals surface area contributed by atoms with Gasteiger partial charge in [0.15, 0.2) is 0 Å². The Morgan fingerprint density at radius 2 is 2.27 bits per heavy atom. The second-order valence-corrected chi connectivity index (χ2v) is 3.85. The van der Waals surface area contributed by atoms with Crippen LogP contribution in [0.3, 0.4) is 0 Å². The molecule has 3 nitrogen and oxygen atoms in total. The first-order valence-electron chi connectivity index (χ1n) is 4.16. The van der Waals surface area contributed by atoms with Gasteiger partial charge in [-0.3, -0.25) is 4.79 Å². The molecule has 1 amide bonds. The molecule has 0 aliphatic carbocycles. The number of carbonyl (C=O) groups is 1. The summed E-state index contributed by atoms with van der Waals surface area (Å²) in [6.45, 7) is -0.587. The average Bonchev–Trinajstić information content (AvgIpc) is 2.17. The van der Waals surface area contributed by atoms with E-state index in [0.717, 1.165) is 9.37 Å². The minimum absolute atomic E-state index is 0.154. The van der Waals surface area contributed by atoms with Gasteiger partial charge >= 0.3 is 0 Å². The van der Waals surface area contributed by atoms with Gasteiger partial charge < -0.3 is 4.90 Å². The van der Waals surface area contributed by atoms with Crippen LogP contribution in [0, 0.1) is 0 Å². The lowest BCUT2D eigenvalue weighted by molar-refractivity contribution is 0.0615. The molecule has 0 bridgehead atoms. The zero-order chi connectivity index (χ0) is 11.4. The predicted molar refractivity (Wildman–Crippen MR) is 54.9 cm³/mol. The topological polar surface area (TPSA) is 33.2 Å². The fraction of sp³-hybridized carbons (Fsp3) is 0.333. The van der Waals surface area contributed by atoms with Crippen molar-refractivity contribution in [2.24, 2.45) is 0 Å². The standard InChI is InChI=1S/C9H9BrF2N2O/c1-14(5-8(11)12)9(15)7-3-2-6(10)4-13-7/h2-4,8H,5H2,1H3. The second-order valence-electron chi connectivity index (χ2n) is 2.94. The number of pyridine rings is 1. The number of hydrogen-bond acceptors (Lipinski definition) is 2. The van der Waals surface area contributed by atoms with Crippen LogP contribution in [0.25, 0.3) is 0 Å². The van der Waals surface area contributed by atoms with E-state index in [0.29, 0.717) is 0 Å². The molecule has 1 heterocycles. The fourth-order valence-corrected chi connectivity index (χ4v) is 1.22. The Bertz CT molecular complexity index is 342. The lowest BCUT2D eigenvalue weighted by atomic mass is 10.3. The van der Waals surface area contributed by atoms with Crippen molar-refractivity contribution in [2.75, 3.05) is 13.6 Å². The number of amides is 1. The highest BCUT2D eigenvalue weighted by molar-refractivity contribution is 9.10. The summed E-state index contributed by atoms with van der Waals surface area (Å²) >= 11 is 3.16. The Kier molecular flexibility index (Phi) is 4.14. The Morgan fingerprint density at radius 1 is 1.60 bits per heavy atom. The van der Waals surface area contributed by atoms with Crippen LogP contribution in [-0.2, 0) is 0 Å². The SMILES string of the molecule is CN(CC(F)F)C(=O)c1ccc(Br)cn1. The molecule has 0 N–H and O–H groups in total. The fourth-order valence-electron chi connectivity index (χ4n) is 0.988. The van der Waals surface area contributed by atoms with Gasteiger partial charge in [0.05, 0.1) is 6.54 Å². The number of aromatic nitrogens is 1. The minimum atomic E-state index is -2.53. The quantitative estimate of drug-likeness (QED) is 0.849. The van der Waals surface area contributed by atoms with Crippen LogP contribution >= 0.6 is 15.9 Å². The summed E-state index contributed by atoms with van der Waals surface area (Å²) in [5.74, 6) is -0.511. The lowest BCUT2D eigenvalue weighted by Gasteiger charge is -2.15. The van der Waals surface area contributed by atoms with Crippen LogP contribution in [0.15, 0.2) is 22.8 Å². The van der Waals surface area contributed by atoms with E-state index < -0.39 is 18.9 Å². The van der Waals surface area contributed by atoms with Crippen molar-refractivity contribution < 1.29 is 13.6 Å². The molecule has 1 aromatic heterocycles. The van der Waals surface area contributed by atoms with E-state index in [1.165, 1.54) is 19.3 Å². The predicted octanol–water partition coefficient (Wildman–Crippen LogP) is 2.18. The van der Waals surface area contributed by atoms with E-state index in [1.807, 2.05) is 0 Å². The molecule has 1 aromatic rings. The molecule has 15 heavy (non-hydrogen) atoms. The van der Waals surface area contributed by atoms with Crippen molar-refractivity contribution in [2.45, 2.75) is 6.43 Å². The van der Waals surface area contributed by atoms with Gasteiger partial charge in [-0.1, -0.05) is 0 Å². The van der Waals surface area contributed by atoms with E-state index in [2.05, 4.69) is 20.9 Å². The van der Waals surface area contributed by atoms with E-state index >= 15 is 0 Å². The maximum Gasteiger partial charge on any atom is 0.272 e. The summed E-state index contributed by atoms with van der Waals surface area (Å²) in [4.78, 5) is 16.3. The highest BCUT2D eigenvalue weighted by atomic mass is 79.9. The Balaban J connectivity index is 2.72. The van der Waals surface area contributed by atoms with Crippen molar-refractivity contribution in [3.63, 3.8) is 0 Å². The van der Waals surface area contributed by atoms with Crippen LogP contribution < -0.4 is 0 Å². The maximum atomic E-state index is 12.0. The minimum Gasteiger partial charge on any atom is -0.335 e. The summed E-state index contributed by atoms with van der Waals surface area (Å²) in [5.41, 5.74) is 0.154. The second kappa shape index (κ2) is 5.16. The smallest absolute Gasteiger partial charge is 0.272 e. The van der Waals surface area contributed by atoms with Gasteiger partial charge in [-0.15, -0.1) is 0 Å². The van der Waals surface area contributed by atoms with Gasteiger partial charge in [0.1, 0.15) is 5.69 Å². The van der Waals surface area contributed by atoms with Gasteiger partial charge in [0.2, 0.25) is 0 Å². The summed E-state index contributed by atoms with van der Waals surface area (Å²) in [6.07, 6.45) is -1.09. The van der Waals surface area contributed by atoms with Crippen molar-refractivity contribution in [1.82, 2.24) is 9.88 Å². The van der Waals surface area contributed by atoms with Crippen molar-refractivity contribution in [3.05, 3.63) is 28.5 Å². The molecule has 0 saturated heterocycles. The summed E-state index contributed by atoms with van der Waals surface area (Å²) < 4.78 is 24.7. The van der Waals surface area contributed by atoms with Crippen molar-refractivity contribution in [3.8, 4) is 0 Å². The maximum absolute atomic E-state index is 12.0. The normalized spacial score (nSPS) is 10.5. The largest absolute Gasteiger partial charge is 0.335 e. The molecule has 0 unspecified atom stereocenters. The zero-order valence-electron chi connectivity index (χ0n) is 7.95. The van der Waals surface area contributed by atoms with E-state index in [1.54, 1.807) is 6.07 Å². The first-order chi connectivity index (χ1) is 7.00. The van der Waals surface area contributed by atoms with Crippen molar-refractivity contribution >= 4 is 21.8 Å². The number of hydrogen-bond donors (Lipinski definition) is 0. The number of rotatable bonds is 3. The molecule has 1 rings (SSSR count). The summed E-state index contributed by atoms with van der Waals surface area (Å²) in [7, 11) is 1.32. The molecule has 0 aromatic carbocycles. The number of carbonyl (C=O) groups excluding carboxylic acids is 1. The molecule has 0 spiro atoms. The van der Waals surface area contributed by atoms with Gasteiger partial charge in [0.25, 0.3) is 12.3 Å². The van der Waals surface area contributed by atoms with Gasteiger partial charge in [-0.25, -0.2) is 13.8 Å². The van der Waals surface area contributed by atoms with E-state index in [9.17, 15) is 13.6 Å². The molecule has 0 fully saturated rings. The van der Waals surface area contributed by atoms with E-state index in [-0.39, 0.29) is 5.69 Å². The third-order valence-electron chi connectivity index (χ3n) is 1.71. The highest BCUT2D eigenvalue weighted by Gasteiger charge is 2.16. The molecule has 0 aliphatic rings. The molecule has 6 heteroatoms. The molecule has 0 radical (unpaired) electrons. The first-order valence-corrected chi connectivity index (χ1v) is 4.95. The number of nitrogens with zero attached hydrogens (tertiary/aromatic N) is 2. The molecular formula is C9H9BrF2N2O. The van der Waals surface area contributed by atoms with Crippen LogP contribution in [0.4, 0.5) is 8.78 Å². The third kappa shape index (κ3) is 3.54. The monoisotopic (exact) mass is 278 g/mol. The number of halogens is 3. The molecule has 0 aliphatic heterocycles. The van der Waals surface area contributed by atoms with E-state index in [4.69, 9.17) is 0 Å². The third-order valence-corrected chi connectivity index (χ3v) is 2.17. The van der Waals surface area contributed by atoms with Gasteiger partial charge in [-0.05, 0) is 28.1 Å². The first kappa shape index (κ1) is 12.0. The summed E-state index contributed by atoms with van der Waals surface area (Å²) in [6, 6.07) is 3.12. The average molecular weight is 279 g/mol. The lowest BCUT2D eigenvalue weighted by Crippen LogP contribution is -2.31. The van der Waals surface area contributed by atoms with Crippen LogP contribution in [0.2, 0.25) is 0 Å². The van der Waals surface area contributed by atoms with Gasteiger partial charge in [0, 0.05) is 17.7 Å². The molecular weight excluding hydrogens is 270 g/mol. The Labute approximate surface area is 94.2 Å². The molecule has 82 valence electrons. The Hall–Kier alpha value is -1.04. The molecule has 0 atom stereocenters.